The molecule has 1 saturated heterocycles. The molecule has 2 fully saturated rings. The summed E-state index contributed by atoms with van der Waals surface area (Å²) in [7, 11) is 3.46. The minimum atomic E-state index is -0.520. The van der Waals surface area contributed by atoms with Crippen molar-refractivity contribution < 1.29 is 9.53 Å². The summed E-state index contributed by atoms with van der Waals surface area (Å²) in [6.45, 7) is 4.06. The van der Waals surface area contributed by atoms with Crippen LogP contribution in [0.5, 0.6) is 0 Å². The number of nitrogens with one attached hydrogen (secondary N) is 3. The molecule has 0 aromatic heterocycles. The Bertz CT molecular complexity index is 1090. The molecule has 11 heteroatoms. The molecule has 1 aromatic rings. The fourth-order valence-electron chi connectivity index (χ4n) is 4.20. The molecule has 0 spiro atoms. The number of nitriles is 1. The van der Waals surface area contributed by atoms with Crippen molar-refractivity contribution in [3.8, 4) is 6.07 Å². The molecule has 5 rings (SSSR count). The summed E-state index contributed by atoms with van der Waals surface area (Å²) in [6.07, 6.45) is 3.66. The molecule has 3 aliphatic heterocycles. The number of carbonyl (C=O) groups excluding carboxylic acids is 1. The molecule has 0 bridgehead atoms. The minimum absolute atomic E-state index is 0.402. The Morgan fingerprint density at radius 2 is 2.03 bits per heavy atom. The van der Waals surface area contributed by atoms with Gasteiger partial charge >= 0.3 is 6.09 Å². The molecule has 4 aliphatic rings. The number of amides is 1. The molecule has 1 atom stereocenters. The van der Waals surface area contributed by atoms with E-state index >= 15 is 0 Å². The van der Waals surface area contributed by atoms with Gasteiger partial charge in [0.05, 0.1) is 36.8 Å². The third-order valence-electron chi connectivity index (χ3n) is 6.28. The van der Waals surface area contributed by atoms with Gasteiger partial charge in [0, 0.05) is 44.0 Å². The number of hydrazone groups is 1. The van der Waals surface area contributed by atoms with E-state index in [1.165, 1.54) is 7.11 Å². The molecular formula is C23H29N9O2. The Labute approximate surface area is 198 Å². The van der Waals surface area contributed by atoms with Crippen LogP contribution in [0.3, 0.4) is 0 Å². The number of piperazine rings is 1. The fraction of sp³-hybridized carbons (Fsp3) is 0.478. The number of likely N-dealkylation sites (N-methyl/N-ethyl adjacent to an activating group) is 1. The van der Waals surface area contributed by atoms with E-state index in [0.29, 0.717) is 29.9 Å². The first kappa shape index (κ1) is 22.0. The predicted octanol–water partition coefficient (Wildman–Crippen LogP) is 1.60. The first-order chi connectivity index (χ1) is 16.5. The van der Waals surface area contributed by atoms with Crippen LogP contribution < -0.4 is 20.9 Å². The molecule has 34 heavy (non-hydrogen) atoms. The zero-order valence-corrected chi connectivity index (χ0v) is 19.4. The van der Waals surface area contributed by atoms with E-state index in [0.717, 1.165) is 56.1 Å². The Morgan fingerprint density at radius 1 is 1.24 bits per heavy atom. The summed E-state index contributed by atoms with van der Waals surface area (Å²) in [5, 5.41) is 25.5. The van der Waals surface area contributed by atoms with Crippen molar-refractivity contribution in [2.45, 2.75) is 24.9 Å². The third-order valence-corrected chi connectivity index (χ3v) is 6.28. The Balaban J connectivity index is 1.41. The highest BCUT2D eigenvalue weighted by Gasteiger charge is 2.35. The van der Waals surface area contributed by atoms with Crippen LogP contribution in [0.2, 0.25) is 0 Å². The smallest absolute Gasteiger partial charge is 0.411 e. The highest BCUT2D eigenvalue weighted by Crippen LogP contribution is 2.31. The molecule has 178 valence electrons. The van der Waals surface area contributed by atoms with E-state index < -0.39 is 12.1 Å². The molecule has 1 aliphatic carbocycles. The summed E-state index contributed by atoms with van der Waals surface area (Å²) in [5.74, 6) is 1.31. The number of carbonyl (C=O) groups is 1. The number of hydrogen-bond donors (Lipinski definition) is 3. The summed E-state index contributed by atoms with van der Waals surface area (Å²) >= 11 is 0. The van der Waals surface area contributed by atoms with Crippen molar-refractivity contribution in [1.29, 1.82) is 5.26 Å². The van der Waals surface area contributed by atoms with Gasteiger partial charge in [0.2, 0.25) is 0 Å². The van der Waals surface area contributed by atoms with Crippen LogP contribution in [-0.2, 0) is 4.74 Å². The summed E-state index contributed by atoms with van der Waals surface area (Å²) < 4.78 is 4.84. The third kappa shape index (κ3) is 4.63. The number of methoxy groups -OCH3 is 1. The molecular weight excluding hydrogens is 434 g/mol. The lowest BCUT2D eigenvalue weighted by atomic mass is 10.2. The summed E-state index contributed by atoms with van der Waals surface area (Å²) in [5.41, 5.74) is 3.24. The van der Waals surface area contributed by atoms with Crippen molar-refractivity contribution in [1.82, 2.24) is 15.2 Å². The van der Waals surface area contributed by atoms with Crippen LogP contribution in [0.25, 0.3) is 0 Å². The largest absolute Gasteiger partial charge is 0.453 e. The van der Waals surface area contributed by atoms with E-state index in [1.807, 2.05) is 24.3 Å². The number of amidine groups is 2. The van der Waals surface area contributed by atoms with Gasteiger partial charge in [-0.3, -0.25) is 10.3 Å². The van der Waals surface area contributed by atoms with Crippen molar-refractivity contribution in [3.05, 3.63) is 30.0 Å². The molecule has 1 saturated carbocycles. The number of hydrogen-bond acceptors (Lipinski definition) is 10. The molecule has 0 radical (unpaired) electrons. The highest BCUT2D eigenvalue weighted by molar-refractivity contribution is 6.14. The summed E-state index contributed by atoms with van der Waals surface area (Å²) in [4.78, 5) is 21.1. The normalized spacial score (nSPS) is 22.1. The number of ether oxygens (including phenoxy) is 1. The van der Waals surface area contributed by atoms with Gasteiger partial charge < -0.3 is 25.2 Å². The average Bonchev–Trinajstić information content (AvgIpc) is 3.56. The minimum Gasteiger partial charge on any atom is -0.453 e. The van der Waals surface area contributed by atoms with Crippen LogP contribution in [-0.4, -0.2) is 86.6 Å². The van der Waals surface area contributed by atoms with Gasteiger partial charge in [0.1, 0.15) is 0 Å². The van der Waals surface area contributed by atoms with Crippen LogP contribution in [0.4, 0.5) is 21.9 Å². The van der Waals surface area contributed by atoms with E-state index in [1.54, 1.807) is 5.01 Å². The van der Waals surface area contributed by atoms with Gasteiger partial charge in [-0.2, -0.15) is 10.4 Å². The summed E-state index contributed by atoms with van der Waals surface area (Å²) in [6, 6.07) is 8.13. The van der Waals surface area contributed by atoms with Crippen molar-refractivity contribution >= 4 is 34.8 Å². The lowest BCUT2D eigenvalue weighted by molar-refractivity contribution is 0.187. The number of fused-ring (bicyclic) bond motifs is 1. The SMILES string of the molecule is COC(=O)Nc1cc(NC2=NN3C(=NCC3C#N)C(NC3CC3)=C2)ccc1N1CCN(C)CC1. The fourth-order valence-corrected chi connectivity index (χ4v) is 4.20. The van der Waals surface area contributed by atoms with Crippen LogP contribution >= 0.6 is 0 Å². The monoisotopic (exact) mass is 463 g/mol. The first-order valence-corrected chi connectivity index (χ1v) is 11.5. The van der Waals surface area contributed by atoms with Crippen LogP contribution in [0, 0.1) is 11.3 Å². The zero-order chi connectivity index (χ0) is 23.7. The van der Waals surface area contributed by atoms with Gasteiger partial charge in [-0.25, -0.2) is 9.80 Å². The number of benzene rings is 1. The second-order valence-electron chi connectivity index (χ2n) is 8.88. The Hall–Kier alpha value is -3.78. The van der Waals surface area contributed by atoms with Gasteiger partial charge in [-0.05, 0) is 38.1 Å². The predicted molar refractivity (Wildman–Crippen MR) is 131 cm³/mol. The van der Waals surface area contributed by atoms with Gasteiger partial charge in [-0.1, -0.05) is 0 Å². The van der Waals surface area contributed by atoms with Gasteiger partial charge in [0.25, 0.3) is 0 Å². The lowest BCUT2D eigenvalue weighted by Crippen LogP contribution is -2.44. The van der Waals surface area contributed by atoms with Crippen LogP contribution in [0.1, 0.15) is 12.8 Å². The first-order valence-electron chi connectivity index (χ1n) is 11.5. The van der Waals surface area contributed by atoms with E-state index in [-0.39, 0.29) is 0 Å². The van der Waals surface area contributed by atoms with Crippen LogP contribution in [0.15, 0.2) is 40.1 Å². The zero-order valence-electron chi connectivity index (χ0n) is 19.4. The number of anilines is 3. The lowest BCUT2D eigenvalue weighted by Gasteiger charge is -2.35. The average molecular weight is 464 g/mol. The Morgan fingerprint density at radius 3 is 2.74 bits per heavy atom. The molecule has 1 aromatic carbocycles. The van der Waals surface area contributed by atoms with E-state index in [2.05, 4.69) is 49.0 Å². The molecule has 1 unspecified atom stereocenters. The maximum atomic E-state index is 12.0. The Kier molecular flexibility index (Phi) is 5.98. The van der Waals surface area contributed by atoms with E-state index in [9.17, 15) is 10.1 Å². The standard InChI is InChI=1S/C23H29N9O2/c1-30-7-9-31(10-8-30)20-6-5-16(11-18(20)28-23(33)34-2)27-21-12-19(26-15-3-4-15)22-25-14-17(13-24)32(22)29-21/h5-6,11-12,15,17,26H,3-4,7-10,14H2,1-2H3,(H,27,29)(H,28,33). The van der Waals surface area contributed by atoms with Crippen molar-refractivity contribution in [2.24, 2.45) is 10.1 Å². The second-order valence-corrected chi connectivity index (χ2v) is 8.88. The second kappa shape index (κ2) is 9.23. The number of nitrogens with zero attached hydrogens (tertiary/aromatic N) is 6. The maximum absolute atomic E-state index is 12.0. The van der Waals surface area contributed by atoms with Crippen molar-refractivity contribution in [2.75, 3.05) is 62.4 Å². The van der Waals surface area contributed by atoms with Gasteiger partial charge in [0.15, 0.2) is 17.7 Å². The molecule has 1 amide bonds. The number of rotatable bonds is 5. The molecule has 11 nitrogen and oxygen atoms in total. The molecule has 3 N–H and O–H groups in total. The topological polar surface area (TPSA) is 121 Å². The molecule has 3 heterocycles. The van der Waals surface area contributed by atoms with Crippen molar-refractivity contribution in [3.63, 3.8) is 0 Å². The quantitative estimate of drug-likeness (QED) is 0.602. The maximum Gasteiger partial charge on any atom is 0.411 e. The van der Waals surface area contributed by atoms with E-state index in [4.69, 9.17) is 4.74 Å². The number of aliphatic imine (C=N–C) groups is 1. The van der Waals surface area contributed by atoms with Gasteiger partial charge in [-0.15, -0.1) is 0 Å². The highest BCUT2D eigenvalue weighted by atomic mass is 16.5.